The van der Waals surface area contributed by atoms with E-state index in [-0.39, 0.29) is 29.7 Å². The van der Waals surface area contributed by atoms with E-state index < -0.39 is 10.8 Å². The van der Waals surface area contributed by atoms with Gasteiger partial charge in [-0.2, -0.15) is 0 Å². The van der Waals surface area contributed by atoms with Gasteiger partial charge in [0.15, 0.2) is 5.76 Å². The van der Waals surface area contributed by atoms with Gasteiger partial charge in [-0.3, -0.25) is 14.9 Å². The van der Waals surface area contributed by atoms with E-state index in [1.54, 1.807) is 6.07 Å². The molecule has 3 aromatic rings. The lowest BCUT2D eigenvalue weighted by atomic mass is 10.0. The molecule has 0 radical (unpaired) electrons. The molecule has 0 bridgehead atoms. The predicted octanol–water partition coefficient (Wildman–Crippen LogP) is 6.11. The maximum atomic E-state index is 12.5. The zero-order valence-electron chi connectivity index (χ0n) is 18.1. The molecule has 1 aromatic heterocycles. The highest BCUT2D eigenvalue weighted by Crippen LogP contribution is 2.33. The SMILES string of the molecule is COc1ccc(NC(=O)c2ccc(COc3cc(C)c(Cl)cc3C(C)C)o2)c([N+](=O)[O-])c1. The number of halogens is 1. The summed E-state index contributed by atoms with van der Waals surface area (Å²) in [5, 5.41) is 14.5. The molecule has 2 aromatic carbocycles. The molecule has 32 heavy (non-hydrogen) atoms. The highest BCUT2D eigenvalue weighted by molar-refractivity contribution is 6.31. The molecule has 0 aliphatic carbocycles. The first kappa shape index (κ1) is 23.1. The number of carbonyl (C=O) groups excluding carboxylic acids is 1. The van der Waals surface area contributed by atoms with Crippen molar-refractivity contribution < 1.29 is 23.6 Å². The van der Waals surface area contributed by atoms with Crippen molar-refractivity contribution in [1.82, 2.24) is 0 Å². The number of nitrogens with one attached hydrogen (secondary N) is 1. The molecule has 1 N–H and O–H groups in total. The molecule has 0 unspecified atom stereocenters. The van der Waals surface area contributed by atoms with Crippen LogP contribution in [0.4, 0.5) is 11.4 Å². The molecule has 168 valence electrons. The summed E-state index contributed by atoms with van der Waals surface area (Å²) in [7, 11) is 1.40. The van der Waals surface area contributed by atoms with Crippen molar-refractivity contribution in [3.05, 3.63) is 80.2 Å². The van der Waals surface area contributed by atoms with Gasteiger partial charge in [-0.05, 0) is 60.4 Å². The number of ether oxygens (including phenoxy) is 2. The lowest BCUT2D eigenvalue weighted by Gasteiger charge is -2.15. The van der Waals surface area contributed by atoms with Gasteiger partial charge in [0.1, 0.15) is 29.6 Å². The Morgan fingerprint density at radius 3 is 2.62 bits per heavy atom. The van der Waals surface area contributed by atoms with Crippen molar-refractivity contribution in [3.63, 3.8) is 0 Å². The van der Waals surface area contributed by atoms with E-state index in [0.29, 0.717) is 22.3 Å². The third-order valence-corrected chi connectivity index (χ3v) is 5.23. The van der Waals surface area contributed by atoms with Gasteiger partial charge in [0, 0.05) is 5.02 Å². The molecule has 0 spiro atoms. The number of hydrogen-bond donors (Lipinski definition) is 1. The van der Waals surface area contributed by atoms with Gasteiger partial charge in [-0.25, -0.2) is 0 Å². The molecule has 3 rings (SSSR count). The Kier molecular flexibility index (Phi) is 7.05. The molecule has 0 aliphatic rings. The number of methoxy groups -OCH3 is 1. The highest BCUT2D eigenvalue weighted by Gasteiger charge is 2.20. The average molecular weight is 459 g/mol. The molecule has 8 nitrogen and oxygen atoms in total. The quantitative estimate of drug-likeness (QED) is 0.322. The molecule has 1 heterocycles. The van der Waals surface area contributed by atoms with Crippen molar-refractivity contribution in [2.24, 2.45) is 0 Å². The van der Waals surface area contributed by atoms with E-state index in [9.17, 15) is 14.9 Å². The first-order chi connectivity index (χ1) is 15.2. The van der Waals surface area contributed by atoms with Crippen molar-refractivity contribution in [2.75, 3.05) is 12.4 Å². The monoisotopic (exact) mass is 458 g/mol. The number of hydrogen-bond acceptors (Lipinski definition) is 6. The number of benzene rings is 2. The van der Waals surface area contributed by atoms with Crippen LogP contribution < -0.4 is 14.8 Å². The van der Waals surface area contributed by atoms with Gasteiger partial charge in [0.25, 0.3) is 11.6 Å². The molecule has 0 saturated carbocycles. The number of nitro groups is 1. The van der Waals surface area contributed by atoms with Crippen LogP contribution in [0.15, 0.2) is 46.9 Å². The molecule has 0 fully saturated rings. The lowest BCUT2D eigenvalue weighted by Crippen LogP contribution is -2.12. The number of nitro benzene ring substituents is 1. The van der Waals surface area contributed by atoms with Crippen LogP contribution in [0, 0.1) is 17.0 Å². The Morgan fingerprint density at radius 1 is 1.22 bits per heavy atom. The van der Waals surface area contributed by atoms with E-state index in [1.807, 2.05) is 32.9 Å². The van der Waals surface area contributed by atoms with Gasteiger partial charge in [-0.15, -0.1) is 0 Å². The number of nitrogens with zero attached hydrogens (tertiary/aromatic N) is 1. The van der Waals surface area contributed by atoms with E-state index >= 15 is 0 Å². The van der Waals surface area contributed by atoms with Crippen LogP contribution in [-0.2, 0) is 6.61 Å². The minimum atomic E-state index is -0.616. The van der Waals surface area contributed by atoms with Crippen molar-refractivity contribution in [2.45, 2.75) is 33.3 Å². The Bertz CT molecular complexity index is 1160. The predicted molar refractivity (Wildman–Crippen MR) is 121 cm³/mol. The van der Waals surface area contributed by atoms with E-state index in [2.05, 4.69) is 5.32 Å². The molecular weight excluding hydrogens is 436 g/mol. The van der Waals surface area contributed by atoms with Gasteiger partial charge in [0.05, 0.1) is 18.1 Å². The summed E-state index contributed by atoms with van der Waals surface area (Å²) < 4.78 is 16.5. The normalized spacial score (nSPS) is 10.8. The molecule has 9 heteroatoms. The Hall–Kier alpha value is -3.52. The molecular formula is C23H23ClN2O6. The van der Waals surface area contributed by atoms with E-state index in [1.165, 1.54) is 31.4 Å². The molecule has 0 aliphatic heterocycles. The minimum absolute atomic E-state index is 0.00471. The van der Waals surface area contributed by atoms with Crippen LogP contribution in [-0.4, -0.2) is 17.9 Å². The summed E-state index contributed by atoms with van der Waals surface area (Å²) in [4.78, 5) is 23.2. The summed E-state index contributed by atoms with van der Waals surface area (Å²) >= 11 is 6.23. The first-order valence-corrected chi connectivity index (χ1v) is 10.2. The van der Waals surface area contributed by atoms with E-state index in [4.69, 9.17) is 25.5 Å². The maximum Gasteiger partial charge on any atom is 0.296 e. The van der Waals surface area contributed by atoms with Crippen molar-refractivity contribution in [1.29, 1.82) is 0 Å². The second kappa shape index (κ2) is 9.74. The van der Waals surface area contributed by atoms with Crippen LogP contribution in [0.3, 0.4) is 0 Å². The summed E-state index contributed by atoms with van der Waals surface area (Å²) in [6, 6.07) is 11.0. The van der Waals surface area contributed by atoms with Crippen molar-refractivity contribution >= 4 is 28.9 Å². The maximum absolute atomic E-state index is 12.5. The fourth-order valence-electron chi connectivity index (χ4n) is 3.05. The lowest BCUT2D eigenvalue weighted by molar-refractivity contribution is -0.384. The van der Waals surface area contributed by atoms with Gasteiger partial charge in [-0.1, -0.05) is 25.4 Å². The standard InChI is InChI=1S/C23H23ClN2O6/c1-13(2)17-11-18(24)14(3)9-22(17)31-12-16-6-8-21(32-16)23(27)25-19-7-5-15(30-4)10-20(19)26(28)29/h5-11,13H,12H2,1-4H3,(H,25,27). The summed E-state index contributed by atoms with van der Waals surface area (Å²) in [5.41, 5.74) is 1.61. The molecule has 0 atom stereocenters. The smallest absolute Gasteiger partial charge is 0.296 e. The van der Waals surface area contributed by atoms with E-state index in [0.717, 1.165) is 11.1 Å². The number of amides is 1. The van der Waals surface area contributed by atoms with Gasteiger partial charge < -0.3 is 19.2 Å². The topological polar surface area (TPSA) is 104 Å². The van der Waals surface area contributed by atoms with Gasteiger partial charge >= 0.3 is 0 Å². The van der Waals surface area contributed by atoms with Crippen LogP contribution in [0.25, 0.3) is 0 Å². The second-order valence-electron chi connectivity index (χ2n) is 7.44. The number of furan rings is 1. The molecule has 1 amide bonds. The Morgan fingerprint density at radius 2 is 1.97 bits per heavy atom. The fourth-order valence-corrected chi connectivity index (χ4v) is 3.22. The number of carbonyl (C=O) groups is 1. The summed E-state index contributed by atoms with van der Waals surface area (Å²) in [6.45, 7) is 6.09. The van der Waals surface area contributed by atoms with Crippen LogP contribution in [0.2, 0.25) is 5.02 Å². The largest absolute Gasteiger partial charge is 0.496 e. The number of rotatable bonds is 8. The van der Waals surface area contributed by atoms with Crippen LogP contribution >= 0.6 is 11.6 Å². The van der Waals surface area contributed by atoms with Crippen molar-refractivity contribution in [3.8, 4) is 11.5 Å². The number of aryl methyl sites for hydroxylation is 1. The molecule has 0 saturated heterocycles. The van der Waals surface area contributed by atoms with Crippen LogP contribution in [0.5, 0.6) is 11.5 Å². The van der Waals surface area contributed by atoms with Gasteiger partial charge in [0.2, 0.25) is 0 Å². The highest BCUT2D eigenvalue weighted by atomic mass is 35.5. The summed E-state index contributed by atoms with van der Waals surface area (Å²) in [6.07, 6.45) is 0. The zero-order valence-corrected chi connectivity index (χ0v) is 18.9. The first-order valence-electron chi connectivity index (χ1n) is 9.85. The summed E-state index contributed by atoms with van der Waals surface area (Å²) in [5.74, 6) is 1.03. The minimum Gasteiger partial charge on any atom is -0.496 e. The van der Waals surface area contributed by atoms with Crippen LogP contribution in [0.1, 0.15) is 47.2 Å². The third-order valence-electron chi connectivity index (χ3n) is 4.82. The second-order valence-corrected chi connectivity index (χ2v) is 7.85. The Labute approximate surface area is 190 Å². The zero-order chi connectivity index (χ0) is 23.4. The fraction of sp³-hybridized carbons (Fsp3) is 0.261. The Balaban J connectivity index is 1.72. The third kappa shape index (κ3) is 5.20. The number of anilines is 1. The average Bonchev–Trinajstić information content (AvgIpc) is 3.23.